The topological polar surface area (TPSA) is 128 Å². The van der Waals surface area contributed by atoms with Crippen molar-refractivity contribution in [1.82, 2.24) is 14.0 Å². The van der Waals surface area contributed by atoms with Crippen molar-refractivity contribution in [1.29, 1.82) is 0 Å². The molecule has 0 radical (unpaired) electrons. The standard InChI is InChI=1S/C46H83N3O9/c1-8-12-16-20-22-26-30-37(28-24-18-14-10-3)56-41(51)35-49-40(50)32-33-48(46(49)53)45-44(54-7)43(39(58-45)34-47(5)6)55-36-42(52)57-38(29-25-19-15-11-4)31-27-23-21-17-13-9-2/h32-33,37-39,43-45H,8-31,34-36H2,1-7H3/t37?,38?,39-,43-,44-,45-/m1/s1. The highest BCUT2D eigenvalue weighted by Crippen LogP contribution is 2.33. The van der Waals surface area contributed by atoms with E-state index in [-0.39, 0.29) is 18.8 Å². The highest BCUT2D eigenvalue weighted by Gasteiger charge is 2.48. The number of aromatic nitrogens is 2. The maximum atomic E-state index is 14.0. The maximum absolute atomic E-state index is 14.0. The summed E-state index contributed by atoms with van der Waals surface area (Å²) in [6.45, 7) is 8.40. The molecule has 1 aromatic rings. The molecule has 1 aliphatic heterocycles. The van der Waals surface area contributed by atoms with Crippen LogP contribution in [0.4, 0.5) is 0 Å². The van der Waals surface area contributed by atoms with Gasteiger partial charge in [-0.15, -0.1) is 0 Å². The molecule has 0 saturated carbocycles. The predicted molar refractivity (Wildman–Crippen MR) is 231 cm³/mol. The average Bonchev–Trinajstić information content (AvgIpc) is 3.53. The predicted octanol–water partition coefficient (Wildman–Crippen LogP) is 9.13. The smallest absolute Gasteiger partial charge is 0.333 e. The van der Waals surface area contributed by atoms with Gasteiger partial charge in [-0.1, -0.05) is 130 Å². The minimum atomic E-state index is -0.982. The average molecular weight is 822 g/mol. The summed E-state index contributed by atoms with van der Waals surface area (Å²) in [5.41, 5.74) is -1.32. The molecule has 6 atom stereocenters. The highest BCUT2D eigenvalue weighted by molar-refractivity contribution is 5.71. The number of hydrogen-bond donors (Lipinski definition) is 0. The Morgan fingerprint density at radius 2 is 1.12 bits per heavy atom. The van der Waals surface area contributed by atoms with Gasteiger partial charge in [0.1, 0.15) is 43.7 Å². The normalized spacial score (nSPS) is 19.1. The van der Waals surface area contributed by atoms with Gasteiger partial charge < -0.3 is 28.6 Å². The fourth-order valence-electron chi connectivity index (χ4n) is 7.92. The minimum absolute atomic E-state index is 0.152. The Balaban J connectivity index is 2.17. The lowest BCUT2D eigenvalue weighted by Gasteiger charge is -2.25. The Labute approximate surface area is 351 Å². The molecule has 1 aromatic heterocycles. The van der Waals surface area contributed by atoms with Crippen molar-refractivity contribution >= 4 is 11.9 Å². The lowest BCUT2D eigenvalue weighted by atomic mass is 10.0. The van der Waals surface area contributed by atoms with Crippen LogP contribution >= 0.6 is 0 Å². The monoisotopic (exact) mass is 822 g/mol. The summed E-state index contributed by atoms with van der Waals surface area (Å²) in [5.74, 6) is -1.04. The van der Waals surface area contributed by atoms with E-state index < -0.39 is 54.3 Å². The third-order valence-electron chi connectivity index (χ3n) is 11.3. The van der Waals surface area contributed by atoms with Crippen molar-refractivity contribution in [2.75, 3.05) is 34.4 Å². The van der Waals surface area contributed by atoms with Crippen LogP contribution in [-0.2, 0) is 39.8 Å². The van der Waals surface area contributed by atoms with Gasteiger partial charge in [-0.2, -0.15) is 0 Å². The Kier molecular flexibility index (Phi) is 27.9. The fraction of sp³-hybridized carbons (Fsp3) is 0.870. The molecule has 0 bridgehead atoms. The van der Waals surface area contributed by atoms with Crippen LogP contribution in [0.1, 0.15) is 188 Å². The molecule has 0 spiro atoms. The van der Waals surface area contributed by atoms with Crippen molar-refractivity contribution in [3.05, 3.63) is 33.1 Å². The molecular formula is C46H83N3O9. The third kappa shape index (κ3) is 20.1. The number of carbonyl (C=O) groups is 2. The Hall–Kier alpha value is -2.54. The number of carbonyl (C=O) groups excluding carboxylic acids is 2. The summed E-state index contributed by atoms with van der Waals surface area (Å²) in [7, 11) is 5.30. The molecule has 1 fully saturated rings. The zero-order valence-electron chi connectivity index (χ0n) is 37.7. The summed E-state index contributed by atoms with van der Waals surface area (Å²) in [6, 6.07) is 1.25. The van der Waals surface area contributed by atoms with E-state index in [4.69, 9.17) is 23.7 Å². The number of nitrogens with zero attached hydrogens (tertiary/aromatic N) is 3. The van der Waals surface area contributed by atoms with E-state index in [1.54, 1.807) is 0 Å². The number of esters is 2. The van der Waals surface area contributed by atoms with Crippen LogP contribution in [0.3, 0.4) is 0 Å². The van der Waals surface area contributed by atoms with Gasteiger partial charge in [0.05, 0.1) is 0 Å². The molecule has 12 heteroatoms. The Morgan fingerprint density at radius 1 is 0.672 bits per heavy atom. The van der Waals surface area contributed by atoms with Gasteiger partial charge in [0.15, 0.2) is 6.23 Å². The lowest BCUT2D eigenvalue weighted by molar-refractivity contribution is -0.160. The second kappa shape index (κ2) is 31.4. The SMILES string of the molecule is CCCCCCCCC(CCCCCC)OC(=O)CO[C@H]1[C@@H](OC)[C@H](n2ccc(=O)n(CC(=O)OC(CCCCCC)CCCCCCCC)c2=O)O[C@@H]1CN(C)C. The van der Waals surface area contributed by atoms with E-state index in [0.717, 1.165) is 101 Å². The van der Waals surface area contributed by atoms with Crippen LogP contribution in [0, 0.1) is 0 Å². The lowest BCUT2D eigenvalue weighted by Crippen LogP contribution is -2.45. The van der Waals surface area contributed by atoms with Gasteiger partial charge in [0.2, 0.25) is 0 Å². The van der Waals surface area contributed by atoms with E-state index in [0.29, 0.717) is 6.54 Å². The van der Waals surface area contributed by atoms with Crippen LogP contribution in [0.25, 0.3) is 0 Å². The van der Waals surface area contributed by atoms with Gasteiger partial charge >= 0.3 is 17.6 Å². The second-order valence-corrected chi connectivity index (χ2v) is 16.8. The summed E-state index contributed by atoms with van der Waals surface area (Å²) in [6.07, 6.45) is 23.8. The first-order chi connectivity index (χ1) is 28.1. The zero-order valence-corrected chi connectivity index (χ0v) is 37.7. The first-order valence-electron chi connectivity index (χ1n) is 23.2. The number of rotatable bonds is 35. The highest BCUT2D eigenvalue weighted by atomic mass is 16.6. The van der Waals surface area contributed by atoms with E-state index in [1.165, 1.54) is 81.7 Å². The van der Waals surface area contributed by atoms with Crippen LogP contribution in [0.5, 0.6) is 0 Å². The first-order valence-corrected chi connectivity index (χ1v) is 23.2. The molecule has 2 rings (SSSR count). The first kappa shape index (κ1) is 51.6. The van der Waals surface area contributed by atoms with Gasteiger partial charge in [-0.25, -0.2) is 14.2 Å². The van der Waals surface area contributed by atoms with Crippen molar-refractivity contribution in [3.63, 3.8) is 0 Å². The molecule has 0 aliphatic carbocycles. The molecular weight excluding hydrogens is 739 g/mol. The van der Waals surface area contributed by atoms with Crippen LogP contribution in [0.15, 0.2) is 21.9 Å². The van der Waals surface area contributed by atoms with E-state index in [9.17, 15) is 19.2 Å². The summed E-state index contributed by atoms with van der Waals surface area (Å²) in [4.78, 5) is 55.6. The van der Waals surface area contributed by atoms with Gasteiger partial charge in [0, 0.05) is 25.9 Å². The molecule has 58 heavy (non-hydrogen) atoms. The van der Waals surface area contributed by atoms with E-state index in [1.807, 2.05) is 19.0 Å². The summed E-state index contributed by atoms with van der Waals surface area (Å²) >= 11 is 0. The quantitative estimate of drug-likeness (QED) is 0.0483. The van der Waals surface area contributed by atoms with E-state index in [2.05, 4.69) is 27.7 Å². The van der Waals surface area contributed by atoms with E-state index >= 15 is 0 Å². The minimum Gasteiger partial charge on any atom is -0.461 e. The number of hydrogen-bond acceptors (Lipinski definition) is 10. The fourth-order valence-corrected chi connectivity index (χ4v) is 7.92. The molecule has 1 saturated heterocycles. The van der Waals surface area contributed by atoms with Gasteiger partial charge in [-0.05, 0) is 65.5 Å². The van der Waals surface area contributed by atoms with Crippen LogP contribution in [-0.4, -0.2) is 90.8 Å². The third-order valence-corrected chi connectivity index (χ3v) is 11.3. The molecule has 0 aromatic carbocycles. The Bertz CT molecular complexity index is 1350. The largest absolute Gasteiger partial charge is 0.461 e. The number of unbranched alkanes of at least 4 members (excludes halogenated alkanes) is 16. The number of ether oxygens (including phenoxy) is 5. The van der Waals surface area contributed by atoms with Crippen LogP contribution in [0.2, 0.25) is 0 Å². The molecule has 2 heterocycles. The number of likely N-dealkylation sites (N-methyl/N-ethyl adjacent to an activating group) is 1. The molecule has 336 valence electrons. The Morgan fingerprint density at radius 3 is 1.59 bits per heavy atom. The molecule has 0 amide bonds. The number of methoxy groups -OCH3 is 1. The molecule has 0 N–H and O–H groups in total. The second-order valence-electron chi connectivity index (χ2n) is 16.8. The molecule has 12 nitrogen and oxygen atoms in total. The van der Waals surface area contributed by atoms with Crippen molar-refractivity contribution in [2.45, 2.75) is 225 Å². The van der Waals surface area contributed by atoms with Gasteiger partial charge in [0.25, 0.3) is 5.56 Å². The molecule has 1 aliphatic rings. The molecule has 2 unspecified atom stereocenters. The van der Waals surface area contributed by atoms with Crippen molar-refractivity contribution in [3.8, 4) is 0 Å². The maximum Gasteiger partial charge on any atom is 0.333 e. The van der Waals surface area contributed by atoms with Crippen molar-refractivity contribution in [2.24, 2.45) is 0 Å². The zero-order chi connectivity index (χ0) is 42.5. The summed E-state index contributed by atoms with van der Waals surface area (Å²) < 4.78 is 32.7. The van der Waals surface area contributed by atoms with Crippen LogP contribution < -0.4 is 11.2 Å². The van der Waals surface area contributed by atoms with Crippen molar-refractivity contribution < 1.29 is 33.3 Å². The van der Waals surface area contributed by atoms with Gasteiger partial charge in [-0.3, -0.25) is 14.2 Å². The summed E-state index contributed by atoms with van der Waals surface area (Å²) in [5, 5.41) is 0.